The quantitative estimate of drug-likeness (QED) is 0.321. The van der Waals surface area contributed by atoms with Gasteiger partial charge in [-0.3, -0.25) is 4.79 Å². The number of benzene rings is 1. The molecular weight excluding hydrogens is 416 g/mol. The Balaban J connectivity index is 2.07. The van der Waals surface area contributed by atoms with Crippen LogP contribution < -0.4 is 0 Å². The summed E-state index contributed by atoms with van der Waals surface area (Å²) in [6.07, 6.45) is 11.9. The number of alkyl halides is 1. The van der Waals surface area contributed by atoms with Crippen LogP contribution in [0.25, 0.3) is 11.4 Å². The molecule has 0 saturated carbocycles. The van der Waals surface area contributed by atoms with E-state index in [-0.39, 0.29) is 5.92 Å². The third-order valence-corrected chi connectivity index (χ3v) is 7.02. The Morgan fingerprint density at radius 3 is 2.21 bits per heavy atom. The molecule has 2 atom stereocenters. The van der Waals surface area contributed by atoms with Crippen LogP contribution in [0.2, 0.25) is 0 Å². The molecule has 152 valence electrons. The van der Waals surface area contributed by atoms with Gasteiger partial charge in [0.2, 0.25) is 0 Å². The summed E-state index contributed by atoms with van der Waals surface area (Å²) in [7, 11) is 0. The minimum atomic E-state index is -1.08. The van der Waals surface area contributed by atoms with Crippen LogP contribution in [-0.2, 0) is 15.5 Å². The predicted molar refractivity (Wildman–Crippen MR) is 118 cm³/mol. The Labute approximate surface area is 176 Å². The van der Waals surface area contributed by atoms with Crippen molar-refractivity contribution in [2.45, 2.75) is 70.0 Å². The first-order chi connectivity index (χ1) is 13.4. The molecule has 1 N–H and O–H groups in total. The van der Waals surface area contributed by atoms with Crippen LogP contribution in [0.1, 0.15) is 70.4 Å². The van der Waals surface area contributed by atoms with Gasteiger partial charge in [0.1, 0.15) is 4.32 Å². The van der Waals surface area contributed by atoms with Crippen LogP contribution in [0.3, 0.4) is 0 Å². The minimum Gasteiger partial charge on any atom is -0.480 e. The highest BCUT2D eigenvalue weighted by atomic mass is 79.9. The largest absolute Gasteiger partial charge is 0.480 e. The number of carboxylic acid groups (broad SMARTS) is 1. The van der Waals surface area contributed by atoms with Crippen molar-refractivity contribution in [2.75, 3.05) is 0 Å². The highest BCUT2D eigenvalue weighted by molar-refractivity contribution is 9.10. The van der Waals surface area contributed by atoms with E-state index < -0.39 is 10.3 Å². The Morgan fingerprint density at radius 2 is 1.68 bits per heavy atom. The van der Waals surface area contributed by atoms with E-state index in [2.05, 4.69) is 32.8 Å². The van der Waals surface area contributed by atoms with Crippen LogP contribution in [0.4, 0.5) is 0 Å². The summed E-state index contributed by atoms with van der Waals surface area (Å²) in [6, 6.07) is 7.51. The molecule has 0 radical (unpaired) electrons. The van der Waals surface area contributed by atoms with E-state index in [9.17, 15) is 9.90 Å². The van der Waals surface area contributed by atoms with Crippen molar-refractivity contribution in [2.24, 2.45) is 5.92 Å². The van der Waals surface area contributed by atoms with Gasteiger partial charge in [-0.1, -0.05) is 93.1 Å². The Hall–Kier alpha value is -1.75. The van der Waals surface area contributed by atoms with Gasteiger partial charge in [0, 0.05) is 18.0 Å². The highest BCUT2D eigenvalue weighted by Gasteiger charge is 2.42. The van der Waals surface area contributed by atoms with Gasteiger partial charge in [0.25, 0.3) is 0 Å². The summed E-state index contributed by atoms with van der Waals surface area (Å²) >= 11 is 3.48. The second kappa shape index (κ2) is 10.7. The summed E-state index contributed by atoms with van der Waals surface area (Å²) in [5, 5.41) is 9.75. The molecule has 1 aromatic heterocycles. The van der Waals surface area contributed by atoms with E-state index in [1.165, 1.54) is 37.7 Å². The van der Waals surface area contributed by atoms with Gasteiger partial charge in [-0.2, -0.15) is 0 Å². The van der Waals surface area contributed by atoms with Crippen LogP contribution in [-0.4, -0.2) is 21.0 Å². The van der Waals surface area contributed by atoms with Crippen molar-refractivity contribution in [1.29, 1.82) is 0 Å². The van der Waals surface area contributed by atoms with Crippen LogP contribution in [0, 0.1) is 5.92 Å². The van der Waals surface area contributed by atoms with Crippen LogP contribution in [0.5, 0.6) is 0 Å². The van der Waals surface area contributed by atoms with Crippen LogP contribution >= 0.6 is 15.9 Å². The minimum absolute atomic E-state index is 0.0382. The number of carboxylic acids is 1. The second-order valence-electron chi connectivity index (χ2n) is 7.48. The van der Waals surface area contributed by atoms with E-state index in [0.717, 1.165) is 24.0 Å². The van der Waals surface area contributed by atoms with Gasteiger partial charge in [0.05, 0.1) is 0 Å². The molecule has 0 aliphatic carbocycles. The molecule has 0 fully saturated rings. The summed E-state index contributed by atoms with van der Waals surface area (Å²) in [5.41, 5.74) is 2.79. The van der Waals surface area contributed by atoms with Gasteiger partial charge in [-0.25, -0.2) is 9.97 Å². The topological polar surface area (TPSA) is 63.1 Å². The molecule has 0 aliphatic rings. The molecule has 0 saturated heterocycles. The average Bonchev–Trinajstić information content (AvgIpc) is 2.73. The third kappa shape index (κ3) is 5.40. The number of aromatic nitrogens is 2. The first-order valence-electron chi connectivity index (χ1n) is 10.3. The molecule has 2 aromatic rings. The van der Waals surface area contributed by atoms with E-state index in [1.54, 1.807) is 0 Å². The maximum atomic E-state index is 11.9. The summed E-state index contributed by atoms with van der Waals surface area (Å²) in [5.74, 6) is -0.238. The smallest absolute Gasteiger partial charge is 0.325 e. The molecule has 5 heteroatoms. The maximum Gasteiger partial charge on any atom is 0.325 e. The second-order valence-corrected chi connectivity index (χ2v) is 8.73. The standard InChI is InChI=1S/C23H31BrN2O2/c1-4-6-7-8-9-10-18-15-25-21(26-16-18)19-11-13-20(14-12-19)23(24,22(27)28)17(3)5-2/h11-17H,4-10H2,1-3H3,(H,27,28). The maximum absolute atomic E-state index is 11.9. The van der Waals surface area contributed by atoms with Crippen molar-refractivity contribution < 1.29 is 9.90 Å². The van der Waals surface area contributed by atoms with Crippen molar-refractivity contribution >= 4 is 21.9 Å². The van der Waals surface area contributed by atoms with Crippen molar-refractivity contribution in [1.82, 2.24) is 9.97 Å². The van der Waals surface area contributed by atoms with Gasteiger partial charge in [0.15, 0.2) is 5.82 Å². The van der Waals surface area contributed by atoms with Crippen molar-refractivity contribution in [3.63, 3.8) is 0 Å². The number of hydrogen-bond acceptors (Lipinski definition) is 3. The number of unbranched alkanes of at least 4 members (excludes halogenated alkanes) is 4. The number of rotatable bonds is 11. The van der Waals surface area contributed by atoms with Crippen molar-refractivity contribution in [3.8, 4) is 11.4 Å². The summed E-state index contributed by atoms with van der Waals surface area (Å²) in [4.78, 5) is 20.9. The molecule has 1 aromatic carbocycles. The lowest BCUT2D eigenvalue weighted by atomic mass is 9.85. The Morgan fingerprint density at radius 1 is 1.07 bits per heavy atom. The molecule has 1 heterocycles. The van der Waals surface area contributed by atoms with E-state index in [0.29, 0.717) is 5.82 Å². The SMILES string of the molecule is CCCCCCCc1cnc(-c2ccc(C(Br)(C(=O)O)C(C)CC)cc2)nc1. The highest BCUT2D eigenvalue weighted by Crippen LogP contribution is 2.41. The van der Waals surface area contributed by atoms with Gasteiger partial charge in [-0.15, -0.1) is 0 Å². The number of aryl methyl sites for hydroxylation is 1. The fourth-order valence-electron chi connectivity index (χ4n) is 3.33. The number of halogens is 1. The van der Waals surface area contributed by atoms with E-state index >= 15 is 0 Å². The fourth-order valence-corrected chi connectivity index (χ4v) is 3.92. The monoisotopic (exact) mass is 446 g/mol. The zero-order valence-electron chi connectivity index (χ0n) is 17.1. The van der Waals surface area contributed by atoms with Gasteiger partial charge >= 0.3 is 5.97 Å². The molecule has 4 nitrogen and oxygen atoms in total. The summed E-state index contributed by atoms with van der Waals surface area (Å²) < 4.78 is -1.08. The number of carbonyl (C=O) groups is 1. The molecular formula is C23H31BrN2O2. The lowest BCUT2D eigenvalue weighted by molar-refractivity contribution is -0.141. The number of aliphatic carboxylic acids is 1. The Kier molecular flexibility index (Phi) is 8.61. The molecule has 0 bridgehead atoms. The number of hydrogen-bond donors (Lipinski definition) is 1. The fraction of sp³-hybridized carbons (Fsp3) is 0.522. The first kappa shape index (κ1) is 22.5. The molecule has 28 heavy (non-hydrogen) atoms. The van der Waals surface area contributed by atoms with Crippen molar-refractivity contribution in [3.05, 3.63) is 47.8 Å². The zero-order chi connectivity index (χ0) is 20.6. The predicted octanol–water partition coefficient (Wildman–Crippen LogP) is 6.38. The van der Waals surface area contributed by atoms with Gasteiger partial charge in [-0.05, 0) is 29.9 Å². The third-order valence-electron chi connectivity index (χ3n) is 5.44. The molecule has 2 rings (SSSR count). The molecule has 0 aliphatic heterocycles. The lowest BCUT2D eigenvalue weighted by Crippen LogP contribution is -2.35. The molecule has 0 amide bonds. The Bertz CT molecular complexity index is 746. The normalized spacial score (nSPS) is 14.4. The lowest BCUT2D eigenvalue weighted by Gasteiger charge is -2.29. The summed E-state index contributed by atoms with van der Waals surface area (Å²) in [6.45, 7) is 6.17. The van der Waals surface area contributed by atoms with E-state index in [1.807, 2.05) is 50.5 Å². The first-order valence-corrected chi connectivity index (χ1v) is 11.1. The zero-order valence-corrected chi connectivity index (χ0v) is 18.7. The number of nitrogens with zero attached hydrogens (tertiary/aromatic N) is 2. The average molecular weight is 447 g/mol. The molecule has 0 spiro atoms. The van der Waals surface area contributed by atoms with Gasteiger partial charge < -0.3 is 5.11 Å². The molecule has 2 unspecified atom stereocenters. The van der Waals surface area contributed by atoms with E-state index in [4.69, 9.17) is 0 Å². The van der Waals surface area contributed by atoms with Crippen LogP contribution in [0.15, 0.2) is 36.7 Å².